The maximum atomic E-state index is 13.1. The zero-order chi connectivity index (χ0) is 17.5. The third-order valence-corrected chi connectivity index (χ3v) is 3.83. The van der Waals surface area contributed by atoms with Crippen LogP contribution in [0.15, 0.2) is 48.5 Å². The standard InChI is InChI=1S/C20H21FN2O/c1-14(2)12-19(20(24)23-11-10-22)17-5-3-4-16(13-17)15-6-8-18(21)9-7-15/h3-9,13-14,19H,11-12H2,1-2H3,(H,23,24)/t19-/m1/s1. The third-order valence-electron chi connectivity index (χ3n) is 3.83. The van der Waals surface area contributed by atoms with Crippen LogP contribution < -0.4 is 5.32 Å². The number of nitriles is 1. The van der Waals surface area contributed by atoms with Gasteiger partial charge in [-0.15, -0.1) is 0 Å². The first-order chi connectivity index (χ1) is 11.5. The molecule has 0 spiro atoms. The highest BCUT2D eigenvalue weighted by atomic mass is 19.1. The predicted molar refractivity (Wildman–Crippen MR) is 92.7 cm³/mol. The molecular weight excluding hydrogens is 303 g/mol. The molecule has 0 bridgehead atoms. The van der Waals surface area contributed by atoms with Crippen molar-refractivity contribution in [2.45, 2.75) is 26.2 Å². The van der Waals surface area contributed by atoms with Gasteiger partial charge in [-0.3, -0.25) is 4.79 Å². The molecule has 2 aromatic carbocycles. The number of halogens is 1. The fourth-order valence-corrected chi connectivity index (χ4v) is 2.69. The minimum Gasteiger partial charge on any atom is -0.342 e. The van der Waals surface area contributed by atoms with E-state index in [9.17, 15) is 9.18 Å². The zero-order valence-corrected chi connectivity index (χ0v) is 13.9. The van der Waals surface area contributed by atoms with Crippen molar-refractivity contribution >= 4 is 5.91 Å². The topological polar surface area (TPSA) is 52.9 Å². The van der Waals surface area contributed by atoms with E-state index in [1.54, 1.807) is 12.1 Å². The van der Waals surface area contributed by atoms with Crippen molar-refractivity contribution in [3.05, 3.63) is 59.9 Å². The van der Waals surface area contributed by atoms with Crippen LogP contribution in [0.2, 0.25) is 0 Å². The third kappa shape index (κ3) is 4.66. The van der Waals surface area contributed by atoms with Gasteiger partial charge in [-0.1, -0.05) is 50.2 Å². The Morgan fingerprint density at radius 1 is 1.17 bits per heavy atom. The molecule has 1 amide bonds. The lowest BCUT2D eigenvalue weighted by atomic mass is 9.88. The molecule has 0 saturated carbocycles. The summed E-state index contributed by atoms with van der Waals surface area (Å²) in [6.07, 6.45) is 0.699. The Kier molecular flexibility index (Phi) is 6.08. The Hall–Kier alpha value is -2.67. The van der Waals surface area contributed by atoms with Gasteiger partial charge >= 0.3 is 0 Å². The molecule has 0 radical (unpaired) electrons. The molecule has 1 atom stereocenters. The fourth-order valence-electron chi connectivity index (χ4n) is 2.69. The first-order valence-electron chi connectivity index (χ1n) is 8.02. The summed E-state index contributed by atoms with van der Waals surface area (Å²) in [6.45, 7) is 4.13. The maximum absolute atomic E-state index is 13.1. The molecule has 24 heavy (non-hydrogen) atoms. The van der Waals surface area contributed by atoms with Gasteiger partial charge in [0.15, 0.2) is 0 Å². The maximum Gasteiger partial charge on any atom is 0.228 e. The van der Waals surface area contributed by atoms with Crippen molar-refractivity contribution in [3.63, 3.8) is 0 Å². The summed E-state index contributed by atoms with van der Waals surface area (Å²) in [6, 6.07) is 16.0. The highest BCUT2D eigenvalue weighted by molar-refractivity contribution is 5.84. The smallest absolute Gasteiger partial charge is 0.228 e. The van der Waals surface area contributed by atoms with Crippen molar-refractivity contribution in [1.29, 1.82) is 5.26 Å². The van der Waals surface area contributed by atoms with Crippen molar-refractivity contribution < 1.29 is 9.18 Å². The van der Waals surface area contributed by atoms with Crippen LogP contribution >= 0.6 is 0 Å². The van der Waals surface area contributed by atoms with Gasteiger partial charge in [0.2, 0.25) is 5.91 Å². The molecule has 3 nitrogen and oxygen atoms in total. The van der Waals surface area contributed by atoms with Crippen LogP contribution in [0, 0.1) is 23.1 Å². The van der Waals surface area contributed by atoms with Gasteiger partial charge in [0, 0.05) is 0 Å². The zero-order valence-electron chi connectivity index (χ0n) is 13.9. The fraction of sp³-hybridized carbons (Fsp3) is 0.300. The van der Waals surface area contributed by atoms with E-state index >= 15 is 0 Å². The second-order valence-electron chi connectivity index (χ2n) is 6.19. The van der Waals surface area contributed by atoms with Crippen LogP contribution in [-0.2, 0) is 4.79 Å². The number of hydrogen-bond donors (Lipinski definition) is 1. The van der Waals surface area contributed by atoms with Crippen LogP contribution in [0.3, 0.4) is 0 Å². The lowest BCUT2D eigenvalue weighted by Crippen LogP contribution is -2.30. The van der Waals surface area contributed by atoms with Crippen molar-refractivity contribution in [3.8, 4) is 17.2 Å². The van der Waals surface area contributed by atoms with E-state index in [1.165, 1.54) is 12.1 Å². The second kappa shape index (κ2) is 8.26. The van der Waals surface area contributed by atoms with Crippen molar-refractivity contribution in [2.24, 2.45) is 5.92 Å². The van der Waals surface area contributed by atoms with Crippen LogP contribution in [0.25, 0.3) is 11.1 Å². The van der Waals surface area contributed by atoms with Gasteiger partial charge < -0.3 is 5.32 Å². The molecule has 0 aromatic heterocycles. The van der Waals surface area contributed by atoms with E-state index in [2.05, 4.69) is 19.2 Å². The Labute approximate surface area is 142 Å². The molecule has 1 N–H and O–H groups in total. The highest BCUT2D eigenvalue weighted by Gasteiger charge is 2.22. The summed E-state index contributed by atoms with van der Waals surface area (Å²) in [5.74, 6) is -0.374. The predicted octanol–water partition coefficient (Wildman–Crippen LogP) is 4.26. The summed E-state index contributed by atoms with van der Waals surface area (Å²) in [5.41, 5.74) is 2.74. The van der Waals surface area contributed by atoms with Crippen LogP contribution in [0.5, 0.6) is 0 Å². The minimum absolute atomic E-state index is 0.00504. The highest BCUT2D eigenvalue weighted by Crippen LogP contribution is 2.28. The summed E-state index contributed by atoms with van der Waals surface area (Å²) < 4.78 is 13.1. The summed E-state index contributed by atoms with van der Waals surface area (Å²) >= 11 is 0. The van der Waals surface area contributed by atoms with Crippen molar-refractivity contribution in [1.82, 2.24) is 5.32 Å². The lowest BCUT2D eigenvalue weighted by molar-refractivity contribution is -0.122. The number of nitrogens with one attached hydrogen (secondary N) is 1. The molecule has 0 aliphatic carbocycles. The monoisotopic (exact) mass is 324 g/mol. The van der Waals surface area contributed by atoms with E-state index in [1.807, 2.05) is 30.3 Å². The van der Waals surface area contributed by atoms with Crippen LogP contribution in [-0.4, -0.2) is 12.5 Å². The molecule has 0 saturated heterocycles. The number of hydrogen-bond acceptors (Lipinski definition) is 2. The normalized spacial score (nSPS) is 11.8. The quantitative estimate of drug-likeness (QED) is 0.807. The lowest BCUT2D eigenvalue weighted by Gasteiger charge is -2.19. The van der Waals surface area contributed by atoms with E-state index in [0.717, 1.165) is 16.7 Å². The Balaban J connectivity index is 2.32. The average molecular weight is 324 g/mol. The van der Waals surface area contributed by atoms with Gasteiger partial charge in [0.1, 0.15) is 12.4 Å². The Morgan fingerprint density at radius 2 is 1.88 bits per heavy atom. The van der Waals surface area contributed by atoms with E-state index in [0.29, 0.717) is 12.3 Å². The number of nitrogens with zero attached hydrogens (tertiary/aromatic N) is 1. The van der Waals surface area contributed by atoms with Crippen molar-refractivity contribution in [2.75, 3.05) is 6.54 Å². The molecule has 0 unspecified atom stereocenters. The molecule has 0 heterocycles. The van der Waals surface area contributed by atoms with Gasteiger partial charge in [-0.25, -0.2) is 4.39 Å². The number of carbonyl (C=O) groups is 1. The largest absolute Gasteiger partial charge is 0.342 e. The summed E-state index contributed by atoms with van der Waals surface area (Å²) in [7, 11) is 0. The summed E-state index contributed by atoms with van der Waals surface area (Å²) in [4.78, 5) is 12.4. The minimum atomic E-state index is -0.307. The molecule has 0 fully saturated rings. The van der Waals surface area contributed by atoms with E-state index in [-0.39, 0.29) is 24.2 Å². The van der Waals surface area contributed by atoms with Gasteiger partial charge in [-0.05, 0) is 41.2 Å². The number of amides is 1. The van der Waals surface area contributed by atoms with Gasteiger partial charge in [0.25, 0.3) is 0 Å². The molecule has 0 aliphatic heterocycles. The Morgan fingerprint density at radius 3 is 2.50 bits per heavy atom. The molecule has 4 heteroatoms. The molecular formula is C20H21FN2O. The van der Waals surface area contributed by atoms with E-state index in [4.69, 9.17) is 5.26 Å². The molecule has 2 rings (SSSR count). The summed E-state index contributed by atoms with van der Waals surface area (Å²) in [5, 5.41) is 11.3. The number of benzene rings is 2. The molecule has 0 aliphatic rings. The van der Waals surface area contributed by atoms with Gasteiger partial charge in [-0.2, -0.15) is 5.26 Å². The SMILES string of the molecule is CC(C)C[C@@H](C(=O)NCC#N)c1cccc(-c2ccc(F)cc2)c1. The molecule has 2 aromatic rings. The first kappa shape index (κ1) is 17.7. The van der Waals surface area contributed by atoms with Crippen LogP contribution in [0.4, 0.5) is 4.39 Å². The second-order valence-corrected chi connectivity index (χ2v) is 6.19. The van der Waals surface area contributed by atoms with Crippen LogP contribution in [0.1, 0.15) is 31.7 Å². The van der Waals surface area contributed by atoms with Gasteiger partial charge in [0.05, 0.1) is 12.0 Å². The van der Waals surface area contributed by atoms with E-state index < -0.39 is 0 Å². The Bertz CT molecular complexity index is 732. The number of carbonyl (C=O) groups excluding carboxylic acids is 1. The first-order valence-corrected chi connectivity index (χ1v) is 8.02. The number of rotatable bonds is 6. The molecule has 124 valence electrons. The average Bonchev–Trinajstić information content (AvgIpc) is 2.58.